The molecule has 0 bridgehead atoms. The van der Waals surface area contributed by atoms with E-state index in [2.05, 4.69) is 37.4 Å². The number of carbonyl (C=O) groups is 1. The molecule has 5 nitrogen and oxygen atoms in total. The molecule has 1 unspecified atom stereocenters. The van der Waals surface area contributed by atoms with Gasteiger partial charge in [-0.1, -0.05) is 24.6 Å². The molecule has 27 heavy (non-hydrogen) atoms. The fourth-order valence-corrected chi connectivity index (χ4v) is 5.35. The van der Waals surface area contributed by atoms with Crippen molar-refractivity contribution in [1.82, 2.24) is 9.62 Å². The van der Waals surface area contributed by atoms with Gasteiger partial charge in [-0.25, -0.2) is 12.7 Å². The largest absolute Gasteiger partial charge is 0.355 e. The molecule has 3 rings (SSSR count). The van der Waals surface area contributed by atoms with Gasteiger partial charge in [0.15, 0.2) is 0 Å². The van der Waals surface area contributed by atoms with Crippen LogP contribution in [0.5, 0.6) is 0 Å². The van der Waals surface area contributed by atoms with Crippen LogP contribution in [0.1, 0.15) is 61.1 Å². The monoisotopic (exact) mass is 392 g/mol. The molecule has 2 fully saturated rings. The van der Waals surface area contributed by atoms with Crippen molar-refractivity contribution in [2.45, 2.75) is 58.3 Å². The lowest BCUT2D eigenvalue weighted by atomic mass is 9.89. The van der Waals surface area contributed by atoms with Crippen molar-refractivity contribution >= 4 is 15.9 Å². The smallest absolute Gasteiger partial charge is 0.220 e. The molecular formula is C21H32N2O3S. The van der Waals surface area contributed by atoms with Gasteiger partial charge in [0.1, 0.15) is 0 Å². The second-order valence-corrected chi connectivity index (χ2v) is 10.2. The van der Waals surface area contributed by atoms with E-state index in [9.17, 15) is 13.2 Å². The van der Waals surface area contributed by atoms with Crippen molar-refractivity contribution in [2.24, 2.45) is 5.92 Å². The topological polar surface area (TPSA) is 66.5 Å². The molecular weight excluding hydrogens is 360 g/mol. The van der Waals surface area contributed by atoms with Crippen LogP contribution in [0.15, 0.2) is 18.2 Å². The van der Waals surface area contributed by atoms with Crippen molar-refractivity contribution in [1.29, 1.82) is 0 Å². The average molecular weight is 393 g/mol. The quantitative estimate of drug-likeness (QED) is 0.739. The Morgan fingerprint density at radius 2 is 1.85 bits per heavy atom. The van der Waals surface area contributed by atoms with Gasteiger partial charge in [-0.2, -0.15) is 0 Å². The van der Waals surface area contributed by atoms with Crippen molar-refractivity contribution in [3.63, 3.8) is 0 Å². The van der Waals surface area contributed by atoms with Gasteiger partial charge in [-0.15, -0.1) is 0 Å². The predicted molar refractivity (Wildman–Crippen MR) is 108 cm³/mol. The Kier molecular flexibility index (Phi) is 6.58. The number of rotatable bonds is 8. The Balaban J connectivity index is 1.52. The second kappa shape index (κ2) is 8.74. The maximum Gasteiger partial charge on any atom is 0.220 e. The fourth-order valence-electron chi connectivity index (χ4n) is 3.91. The van der Waals surface area contributed by atoms with Crippen LogP contribution < -0.4 is 5.32 Å². The second-order valence-electron chi connectivity index (χ2n) is 8.12. The summed E-state index contributed by atoms with van der Waals surface area (Å²) >= 11 is 0. The standard InChI is InChI=1S/C21H32N2O3S/c1-16-6-7-19(14-17(16)2)20(18-8-9-18)15-21(24)22-10-13-27(25,26)23-11-4-3-5-12-23/h6-7,14,18,20H,3-5,8-13,15H2,1-2H3,(H,22,24). The summed E-state index contributed by atoms with van der Waals surface area (Å²) in [6.07, 6.45) is 5.76. The SMILES string of the molecule is Cc1ccc(C(CC(=O)NCCS(=O)(=O)N2CCCCC2)C2CC2)cc1C. The summed E-state index contributed by atoms with van der Waals surface area (Å²) in [6, 6.07) is 6.47. The van der Waals surface area contributed by atoms with Crippen molar-refractivity contribution in [2.75, 3.05) is 25.4 Å². The van der Waals surface area contributed by atoms with Crippen LogP contribution in [0.3, 0.4) is 0 Å². The molecule has 0 aromatic heterocycles. The molecule has 2 aliphatic rings. The number of sulfonamides is 1. The maximum atomic E-state index is 12.5. The van der Waals surface area contributed by atoms with Crippen LogP contribution in [-0.2, 0) is 14.8 Å². The summed E-state index contributed by atoms with van der Waals surface area (Å²) in [6.45, 7) is 5.64. The molecule has 150 valence electrons. The lowest BCUT2D eigenvalue weighted by molar-refractivity contribution is -0.121. The van der Waals surface area contributed by atoms with E-state index in [1.165, 1.54) is 29.5 Å². The highest BCUT2D eigenvalue weighted by molar-refractivity contribution is 7.89. The number of piperidine rings is 1. The van der Waals surface area contributed by atoms with Gasteiger partial charge in [0.25, 0.3) is 0 Å². The minimum atomic E-state index is -3.26. The van der Waals surface area contributed by atoms with Crippen LogP contribution in [0.25, 0.3) is 0 Å². The Labute approximate surface area is 163 Å². The first-order chi connectivity index (χ1) is 12.9. The molecule has 1 N–H and O–H groups in total. The number of hydrogen-bond acceptors (Lipinski definition) is 3. The highest BCUT2D eigenvalue weighted by atomic mass is 32.2. The van der Waals surface area contributed by atoms with E-state index in [4.69, 9.17) is 0 Å². The van der Waals surface area contributed by atoms with Crippen molar-refractivity contribution in [3.8, 4) is 0 Å². The lowest BCUT2D eigenvalue weighted by Gasteiger charge is -2.26. The first kappa shape index (κ1) is 20.3. The minimum absolute atomic E-state index is 0.00350. The summed E-state index contributed by atoms with van der Waals surface area (Å²) in [4.78, 5) is 12.5. The van der Waals surface area contributed by atoms with Crippen LogP contribution in [-0.4, -0.2) is 44.0 Å². The first-order valence-electron chi connectivity index (χ1n) is 10.2. The zero-order valence-corrected chi connectivity index (χ0v) is 17.4. The zero-order valence-electron chi connectivity index (χ0n) is 16.5. The molecule has 1 aromatic rings. The number of benzene rings is 1. The molecule has 1 saturated carbocycles. The Bertz CT molecular complexity index is 766. The molecule has 0 spiro atoms. The number of carbonyl (C=O) groups excluding carboxylic acids is 1. The molecule has 1 saturated heterocycles. The predicted octanol–water partition coefficient (Wildman–Crippen LogP) is 3.12. The number of nitrogens with zero attached hydrogens (tertiary/aromatic N) is 1. The Morgan fingerprint density at radius 3 is 2.48 bits per heavy atom. The number of nitrogens with one attached hydrogen (secondary N) is 1. The maximum absolute atomic E-state index is 12.5. The zero-order chi connectivity index (χ0) is 19.4. The van der Waals surface area contributed by atoms with Crippen LogP contribution in [0, 0.1) is 19.8 Å². The first-order valence-corrected chi connectivity index (χ1v) is 11.8. The van der Waals surface area contributed by atoms with Gasteiger partial charge >= 0.3 is 0 Å². The summed E-state index contributed by atoms with van der Waals surface area (Å²) in [7, 11) is -3.26. The normalized spacial score (nSPS) is 19.6. The van der Waals surface area contributed by atoms with E-state index in [0.717, 1.165) is 19.3 Å². The summed E-state index contributed by atoms with van der Waals surface area (Å²) in [5.41, 5.74) is 3.75. The van der Waals surface area contributed by atoms with Gasteiger partial charge in [-0.3, -0.25) is 4.79 Å². The van der Waals surface area contributed by atoms with Gasteiger partial charge in [0.05, 0.1) is 5.75 Å². The Hall–Kier alpha value is -1.40. The van der Waals surface area contributed by atoms with Gasteiger partial charge in [-0.05, 0) is 68.1 Å². The number of amides is 1. The number of hydrogen-bond donors (Lipinski definition) is 1. The minimum Gasteiger partial charge on any atom is -0.355 e. The Morgan fingerprint density at radius 1 is 1.15 bits per heavy atom. The third kappa shape index (κ3) is 5.55. The third-order valence-electron chi connectivity index (χ3n) is 5.95. The fraction of sp³-hybridized carbons (Fsp3) is 0.667. The van der Waals surface area contributed by atoms with E-state index in [0.29, 0.717) is 25.4 Å². The summed E-state index contributed by atoms with van der Waals surface area (Å²) < 4.78 is 26.3. The number of aryl methyl sites for hydroxylation is 2. The van der Waals surface area contributed by atoms with Crippen molar-refractivity contribution < 1.29 is 13.2 Å². The van der Waals surface area contributed by atoms with Crippen molar-refractivity contribution in [3.05, 3.63) is 34.9 Å². The summed E-state index contributed by atoms with van der Waals surface area (Å²) in [5, 5.41) is 2.84. The van der Waals surface area contributed by atoms with Crippen LogP contribution in [0.2, 0.25) is 0 Å². The highest BCUT2D eigenvalue weighted by Crippen LogP contribution is 2.44. The molecule has 1 aliphatic heterocycles. The molecule has 1 amide bonds. The van der Waals surface area contributed by atoms with E-state index in [1.54, 1.807) is 4.31 Å². The van der Waals surface area contributed by atoms with Gasteiger partial charge in [0, 0.05) is 26.1 Å². The van der Waals surface area contributed by atoms with E-state index < -0.39 is 10.0 Å². The average Bonchev–Trinajstić information content (AvgIpc) is 3.48. The molecule has 1 heterocycles. The highest BCUT2D eigenvalue weighted by Gasteiger charge is 2.34. The molecule has 6 heteroatoms. The molecule has 1 atom stereocenters. The van der Waals surface area contributed by atoms with E-state index >= 15 is 0 Å². The van der Waals surface area contributed by atoms with E-state index in [1.807, 2.05) is 0 Å². The lowest BCUT2D eigenvalue weighted by Crippen LogP contribution is -2.40. The van der Waals surface area contributed by atoms with Gasteiger partial charge in [0.2, 0.25) is 15.9 Å². The van der Waals surface area contributed by atoms with Crippen LogP contribution in [0.4, 0.5) is 0 Å². The molecule has 1 aromatic carbocycles. The summed E-state index contributed by atoms with van der Waals surface area (Å²) in [5.74, 6) is 0.771. The molecule has 0 radical (unpaired) electrons. The van der Waals surface area contributed by atoms with Gasteiger partial charge < -0.3 is 5.32 Å². The third-order valence-corrected chi connectivity index (χ3v) is 7.82. The van der Waals surface area contributed by atoms with E-state index in [-0.39, 0.29) is 24.1 Å². The molecule has 1 aliphatic carbocycles. The van der Waals surface area contributed by atoms with Crippen LogP contribution >= 0.6 is 0 Å².